The molecule has 0 aromatic heterocycles. The van der Waals surface area contributed by atoms with Crippen LogP contribution in [0.2, 0.25) is 0 Å². The highest BCUT2D eigenvalue weighted by atomic mass is 16.3. The number of aromatic hydroxyl groups is 1. The van der Waals surface area contributed by atoms with Gasteiger partial charge in [0.15, 0.2) is 0 Å². The molecule has 2 unspecified atom stereocenters. The van der Waals surface area contributed by atoms with E-state index in [1.807, 2.05) is 18.2 Å². The molecular formula is C18H20N2O2. The van der Waals surface area contributed by atoms with Crippen molar-refractivity contribution in [3.8, 4) is 5.75 Å². The van der Waals surface area contributed by atoms with Gasteiger partial charge in [-0.3, -0.25) is 4.79 Å². The lowest BCUT2D eigenvalue weighted by molar-refractivity contribution is 0.100. The summed E-state index contributed by atoms with van der Waals surface area (Å²) >= 11 is 0. The van der Waals surface area contributed by atoms with Gasteiger partial charge < -0.3 is 16.2 Å². The number of amides is 1. The Hall–Kier alpha value is -2.49. The number of carbonyl (C=O) groups excluding carboxylic acids is 1. The summed E-state index contributed by atoms with van der Waals surface area (Å²) < 4.78 is 0. The Labute approximate surface area is 130 Å². The number of carbonyl (C=O) groups is 1. The number of hydrogen-bond acceptors (Lipinski definition) is 3. The van der Waals surface area contributed by atoms with Crippen molar-refractivity contribution >= 4 is 11.6 Å². The molecule has 4 heteroatoms. The predicted octanol–water partition coefficient (Wildman–Crippen LogP) is 3.46. The van der Waals surface area contributed by atoms with Crippen molar-refractivity contribution < 1.29 is 9.90 Å². The van der Waals surface area contributed by atoms with Gasteiger partial charge in [0.25, 0.3) is 0 Å². The van der Waals surface area contributed by atoms with Crippen LogP contribution in [0.25, 0.3) is 0 Å². The highest BCUT2D eigenvalue weighted by Crippen LogP contribution is 2.47. The van der Waals surface area contributed by atoms with Crippen LogP contribution in [0, 0.1) is 6.92 Å². The van der Waals surface area contributed by atoms with Gasteiger partial charge >= 0.3 is 0 Å². The summed E-state index contributed by atoms with van der Waals surface area (Å²) in [6.07, 6.45) is 0.936. The van der Waals surface area contributed by atoms with Crippen LogP contribution < -0.4 is 11.1 Å². The summed E-state index contributed by atoms with van der Waals surface area (Å²) in [6.45, 7) is 4.27. The van der Waals surface area contributed by atoms with E-state index in [1.54, 1.807) is 18.2 Å². The standard InChI is InChI=1S/C18H20N2O2/c1-10-3-8-15(21)17-14(9-11(2)16(10)17)20-13-6-4-12(5-7-13)18(19)22/h3-8,11,14,20-21H,9H2,1-2H3,(H2,19,22). The molecule has 0 fully saturated rings. The molecule has 0 saturated heterocycles. The minimum absolute atomic E-state index is 0.0735. The topological polar surface area (TPSA) is 75.3 Å². The first kappa shape index (κ1) is 14.4. The lowest BCUT2D eigenvalue weighted by atomic mass is 9.97. The number of phenolic OH excluding ortho intramolecular Hbond substituents is 1. The Kier molecular flexibility index (Phi) is 3.53. The van der Waals surface area contributed by atoms with Crippen molar-refractivity contribution in [2.45, 2.75) is 32.2 Å². The number of nitrogens with two attached hydrogens (primary N) is 1. The normalized spacial score (nSPS) is 19.7. The van der Waals surface area contributed by atoms with E-state index in [0.29, 0.717) is 17.2 Å². The zero-order valence-corrected chi connectivity index (χ0v) is 12.8. The quantitative estimate of drug-likeness (QED) is 0.812. The second-order valence-corrected chi connectivity index (χ2v) is 6.00. The molecule has 0 spiro atoms. The summed E-state index contributed by atoms with van der Waals surface area (Å²) in [7, 11) is 0. The Morgan fingerprint density at radius 2 is 1.86 bits per heavy atom. The van der Waals surface area contributed by atoms with E-state index in [-0.39, 0.29) is 6.04 Å². The Bertz CT molecular complexity index is 723. The largest absolute Gasteiger partial charge is 0.508 e. The third-order valence-corrected chi connectivity index (χ3v) is 4.42. The van der Waals surface area contributed by atoms with Crippen LogP contribution in [-0.4, -0.2) is 11.0 Å². The van der Waals surface area contributed by atoms with Gasteiger partial charge in [0.2, 0.25) is 5.91 Å². The van der Waals surface area contributed by atoms with Gasteiger partial charge in [-0.1, -0.05) is 13.0 Å². The second-order valence-electron chi connectivity index (χ2n) is 6.00. The van der Waals surface area contributed by atoms with Crippen molar-refractivity contribution in [2.24, 2.45) is 5.73 Å². The number of phenols is 1. The highest BCUT2D eigenvalue weighted by Gasteiger charge is 2.32. The first-order valence-electron chi connectivity index (χ1n) is 7.46. The molecule has 0 aliphatic heterocycles. The minimum atomic E-state index is -0.431. The highest BCUT2D eigenvalue weighted by molar-refractivity contribution is 5.93. The summed E-state index contributed by atoms with van der Waals surface area (Å²) in [6, 6.07) is 10.9. The molecule has 2 atom stereocenters. The number of hydrogen-bond donors (Lipinski definition) is 3. The maximum atomic E-state index is 11.1. The molecule has 0 bridgehead atoms. The van der Waals surface area contributed by atoms with E-state index in [1.165, 1.54) is 11.1 Å². The fourth-order valence-electron chi connectivity index (χ4n) is 3.41. The van der Waals surface area contributed by atoms with Gasteiger partial charge in [0.1, 0.15) is 5.75 Å². The van der Waals surface area contributed by atoms with Crippen molar-refractivity contribution in [1.82, 2.24) is 0 Å². The van der Waals surface area contributed by atoms with Gasteiger partial charge in [-0.15, -0.1) is 0 Å². The summed E-state index contributed by atoms with van der Waals surface area (Å²) in [5.41, 5.74) is 10.1. The average Bonchev–Trinajstić information content (AvgIpc) is 2.81. The van der Waals surface area contributed by atoms with Gasteiger partial charge in [0.05, 0.1) is 6.04 Å². The Morgan fingerprint density at radius 1 is 1.18 bits per heavy atom. The molecule has 1 amide bonds. The van der Waals surface area contributed by atoms with Crippen LogP contribution in [-0.2, 0) is 0 Å². The summed E-state index contributed by atoms with van der Waals surface area (Å²) in [5.74, 6) is 0.320. The lowest BCUT2D eigenvalue weighted by Crippen LogP contribution is -2.11. The molecular weight excluding hydrogens is 276 g/mol. The number of benzene rings is 2. The zero-order chi connectivity index (χ0) is 15.9. The van der Waals surface area contributed by atoms with Crippen LogP contribution in [0.3, 0.4) is 0 Å². The van der Waals surface area contributed by atoms with E-state index in [4.69, 9.17) is 5.73 Å². The van der Waals surface area contributed by atoms with E-state index in [0.717, 1.165) is 17.7 Å². The maximum absolute atomic E-state index is 11.1. The van der Waals surface area contributed by atoms with E-state index < -0.39 is 5.91 Å². The molecule has 4 N–H and O–H groups in total. The summed E-state index contributed by atoms with van der Waals surface area (Å²) in [4.78, 5) is 11.1. The van der Waals surface area contributed by atoms with Crippen LogP contribution >= 0.6 is 0 Å². The fourth-order valence-corrected chi connectivity index (χ4v) is 3.41. The van der Waals surface area contributed by atoms with Crippen LogP contribution in [0.15, 0.2) is 36.4 Å². The number of anilines is 1. The number of nitrogens with one attached hydrogen (secondary N) is 1. The van der Waals surface area contributed by atoms with Gasteiger partial charge in [-0.2, -0.15) is 0 Å². The van der Waals surface area contributed by atoms with E-state index >= 15 is 0 Å². The van der Waals surface area contributed by atoms with Gasteiger partial charge in [-0.25, -0.2) is 0 Å². The van der Waals surface area contributed by atoms with Gasteiger partial charge in [-0.05, 0) is 60.7 Å². The SMILES string of the molecule is Cc1ccc(O)c2c1C(C)CC2Nc1ccc(C(N)=O)cc1. The zero-order valence-electron chi connectivity index (χ0n) is 12.8. The van der Waals surface area contributed by atoms with Crippen molar-refractivity contribution in [3.05, 3.63) is 58.7 Å². The second kappa shape index (κ2) is 5.37. The molecule has 0 saturated carbocycles. The van der Waals surface area contributed by atoms with Crippen LogP contribution in [0.1, 0.15) is 52.4 Å². The smallest absolute Gasteiger partial charge is 0.248 e. The van der Waals surface area contributed by atoms with Crippen molar-refractivity contribution in [1.29, 1.82) is 0 Å². The Balaban J connectivity index is 1.89. The monoisotopic (exact) mass is 296 g/mol. The molecule has 114 valence electrons. The number of fused-ring (bicyclic) bond motifs is 1. The molecule has 4 nitrogen and oxygen atoms in total. The molecule has 2 aromatic rings. The van der Waals surface area contributed by atoms with Crippen molar-refractivity contribution in [2.75, 3.05) is 5.32 Å². The number of rotatable bonds is 3. The third-order valence-electron chi connectivity index (χ3n) is 4.42. The van der Waals surface area contributed by atoms with Crippen LogP contribution in [0.4, 0.5) is 5.69 Å². The molecule has 3 rings (SSSR count). The van der Waals surface area contributed by atoms with Crippen LogP contribution in [0.5, 0.6) is 5.75 Å². The molecule has 1 aliphatic rings. The lowest BCUT2D eigenvalue weighted by Gasteiger charge is -2.17. The van der Waals surface area contributed by atoms with E-state index in [9.17, 15) is 9.90 Å². The third kappa shape index (κ3) is 2.41. The molecule has 0 radical (unpaired) electrons. The average molecular weight is 296 g/mol. The van der Waals surface area contributed by atoms with Crippen molar-refractivity contribution in [3.63, 3.8) is 0 Å². The fraction of sp³-hybridized carbons (Fsp3) is 0.278. The molecule has 1 aliphatic carbocycles. The Morgan fingerprint density at radius 3 is 2.50 bits per heavy atom. The minimum Gasteiger partial charge on any atom is -0.508 e. The molecule has 0 heterocycles. The molecule has 2 aromatic carbocycles. The van der Waals surface area contributed by atoms with E-state index in [2.05, 4.69) is 19.2 Å². The molecule has 22 heavy (non-hydrogen) atoms. The number of primary amides is 1. The number of aryl methyl sites for hydroxylation is 1. The van der Waals surface area contributed by atoms with Gasteiger partial charge in [0, 0.05) is 16.8 Å². The maximum Gasteiger partial charge on any atom is 0.248 e. The summed E-state index contributed by atoms with van der Waals surface area (Å²) in [5, 5.41) is 13.7. The predicted molar refractivity (Wildman–Crippen MR) is 87.2 cm³/mol. The first-order valence-corrected chi connectivity index (χ1v) is 7.46. The first-order chi connectivity index (χ1) is 10.5.